The highest BCUT2D eigenvalue weighted by atomic mass is 16.7. The van der Waals surface area contributed by atoms with E-state index in [1.165, 1.54) is 0 Å². The normalized spacial score (nSPS) is 20.4. The smallest absolute Gasteiger partial charge is 0.231 e. The lowest BCUT2D eigenvalue weighted by molar-refractivity contribution is -0.0345. The van der Waals surface area contributed by atoms with E-state index in [0.29, 0.717) is 25.1 Å². The van der Waals surface area contributed by atoms with Crippen LogP contribution >= 0.6 is 0 Å². The Morgan fingerprint density at radius 3 is 2.48 bits per heavy atom. The van der Waals surface area contributed by atoms with Gasteiger partial charge in [-0.15, -0.1) is 0 Å². The molecule has 1 fully saturated rings. The summed E-state index contributed by atoms with van der Waals surface area (Å²) in [5.74, 6) is 1.43. The zero-order chi connectivity index (χ0) is 17.3. The zero-order valence-electron chi connectivity index (χ0n) is 14.1. The van der Waals surface area contributed by atoms with E-state index in [1.54, 1.807) is 0 Å². The number of nitrogens with zero attached hydrogens (tertiary/aromatic N) is 1. The van der Waals surface area contributed by atoms with Crippen LogP contribution in [-0.4, -0.2) is 41.5 Å². The summed E-state index contributed by atoms with van der Waals surface area (Å²) < 4.78 is 10.8. The minimum Gasteiger partial charge on any atom is -0.454 e. The quantitative estimate of drug-likeness (QED) is 0.894. The van der Waals surface area contributed by atoms with E-state index in [-0.39, 0.29) is 6.79 Å². The van der Waals surface area contributed by atoms with E-state index < -0.39 is 11.7 Å². The third kappa shape index (κ3) is 3.35. The van der Waals surface area contributed by atoms with E-state index in [0.717, 1.165) is 30.0 Å². The Morgan fingerprint density at radius 1 is 1.00 bits per heavy atom. The van der Waals surface area contributed by atoms with Crippen molar-refractivity contribution in [3.05, 3.63) is 59.7 Å². The van der Waals surface area contributed by atoms with E-state index in [9.17, 15) is 10.2 Å². The third-order valence-electron chi connectivity index (χ3n) is 5.21. The highest BCUT2D eigenvalue weighted by Gasteiger charge is 2.35. The largest absolute Gasteiger partial charge is 0.454 e. The average Bonchev–Trinajstić information content (AvgIpc) is 3.12. The van der Waals surface area contributed by atoms with Gasteiger partial charge in [-0.25, -0.2) is 0 Å². The number of likely N-dealkylation sites (tertiary alicyclic amines) is 1. The highest BCUT2D eigenvalue weighted by molar-refractivity contribution is 5.46. The van der Waals surface area contributed by atoms with Crippen LogP contribution in [0.1, 0.15) is 30.1 Å². The molecule has 132 valence electrons. The lowest BCUT2D eigenvalue weighted by Gasteiger charge is -2.39. The summed E-state index contributed by atoms with van der Waals surface area (Å²) in [5.41, 5.74) is 0.953. The lowest BCUT2D eigenvalue weighted by Crippen LogP contribution is -2.43. The van der Waals surface area contributed by atoms with Crippen molar-refractivity contribution in [2.75, 3.05) is 26.4 Å². The first-order chi connectivity index (χ1) is 12.1. The van der Waals surface area contributed by atoms with Gasteiger partial charge in [-0.3, -0.25) is 0 Å². The first kappa shape index (κ1) is 16.4. The van der Waals surface area contributed by atoms with Gasteiger partial charge in [0.1, 0.15) is 0 Å². The maximum atomic E-state index is 11.1. The molecule has 1 saturated heterocycles. The van der Waals surface area contributed by atoms with Gasteiger partial charge in [0.05, 0.1) is 11.7 Å². The fraction of sp³-hybridized carbons (Fsp3) is 0.400. The topological polar surface area (TPSA) is 62.2 Å². The van der Waals surface area contributed by atoms with Gasteiger partial charge in [0, 0.05) is 19.6 Å². The third-order valence-corrected chi connectivity index (χ3v) is 5.21. The molecule has 0 spiro atoms. The second-order valence-corrected chi connectivity index (χ2v) is 6.83. The molecule has 2 aliphatic rings. The summed E-state index contributed by atoms with van der Waals surface area (Å²) in [5, 5.41) is 21.4. The Bertz CT molecular complexity index is 726. The predicted molar refractivity (Wildman–Crippen MR) is 93.5 cm³/mol. The molecule has 2 aromatic carbocycles. The van der Waals surface area contributed by atoms with E-state index >= 15 is 0 Å². The highest BCUT2D eigenvalue weighted by Crippen LogP contribution is 2.39. The minimum atomic E-state index is -0.852. The van der Waals surface area contributed by atoms with Gasteiger partial charge in [-0.2, -0.15) is 0 Å². The molecule has 5 nitrogen and oxygen atoms in total. The molecular formula is C20H23NO4. The van der Waals surface area contributed by atoms with Crippen LogP contribution in [0.5, 0.6) is 11.5 Å². The van der Waals surface area contributed by atoms with Crippen LogP contribution in [0.4, 0.5) is 0 Å². The number of β-amino-alcohol motifs (C(OH)–C–C–N with tert-alkyl or cyclic N) is 1. The van der Waals surface area contributed by atoms with Crippen molar-refractivity contribution >= 4 is 0 Å². The fourth-order valence-electron chi connectivity index (χ4n) is 3.61. The van der Waals surface area contributed by atoms with Crippen LogP contribution in [0.2, 0.25) is 0 Å². The van der Waals surface area contributed by atoms with Gasteiger partial charge >= 0.3 is 0 Å². The maximum absolute atomic E-state index is 11.1. The van der Waals surface area contributed by atoms with E-state index in [2.05, 4.69) is 4.90 Å². The molecule has 0 unspecified atom stereocenters. The Labute approximate surface area is 147 Å². The van der Waals surface area contributed by atoms with Crippen LogP contribution in [0, 0.1) is 0 Å². The number of benzene rings is 2. The van der Waals surface area contributed by atoms with Crippen LogP contribution in [-0.2, 0) is 5.60 Å². The van der Waals surface area contributed by atoms with Crippen LogP contribution in [0.15, 0.2) is 48.5 Å². The second kappa shape index (κ2) is 6.67. The molecule has 4 rings (SSSR count). The molecule has 0 aromatic heterocycles. The summed E-state index contributed by atoms with van der Waals surface area (Å²) in [7, 11) is 0. The van der Waals surface area contributed by atoms with Crippen LogP contribution in [0.25, 0.3) is 0 Å². The Hall–Kier alpha value is -2.08. The molecule has 0 aliphatic carbocycles. The van der Waals surface area contributed by atoms with Crippen molar-refractivity contribution in [2.45, 2.75) is 24.5 Å². The van der Waals surface area contributed by atoms with Gasteiger partial charge in [0.15, 0.2) is 11.5 Å². The monoisotopic (exact) mass is 341 g/mol. The molecular weight excluding hydrogens is 318 g/mol. The molecule has 0 radical (unpaired) electrons. The molecule has 2 aliphatic heterocycles. The van der Waals surface area contributed by atoms with Crippen LogP contribution < -0.4 is 9.47 Å². The summed E-state index contributed by atoms with van der Waals surface area (Å²) in [6.45, 7) is 2.31. The second-order valence-electron chi connectivity index (χ2n) is 6.83. The maximum Gasteiger partial charge on any atom is 0.231 e. The standard InChI is InChI=1S/C20H23NO4/c22-17(15-4-2-1-3-5-15)13-21-10-8-20(23,9-11-21)16-6-7-18-19(12-16)25-14-24-18/h1-7,12,17,22-23H,8-11,13-14H2/t17-/m0/s1. The van der Waals surface area contributed by atoms with Gasteiger partial charge in [0.2, 0.25) is 6.79 Å². The molecule has 0 saturated carbocycles. The molecule has 2 heterocycles. The van der Waals surface area contributed by atoms with Crippen LogP contribution in [0.3, 0.4) is 0 Å². The number of aliphatic hydroxyl groups is 2. The summed E-state index contributed by atoms with van der Waals surface area (Å²) in [4.78, 5) is 2.21. The number of ether oxygens (including phenoxy) is 2. The van der Waals surface area contributed by atoms with Gasteiger partial charge in [-0.1, -0.05) is 36.4 Å². The SMILES string of the molecule is O[C@@H](CN1CCC(O)(c2ccc3c(c2)OCO3)CC1)c1ccccc1. The molecule has 5 heteroatoms. The molecule has 2 N–H and O–H groups in total. The summed E-state index contributed by atoms with van der Waals surface area (Å²) in [6.07, 6.45) is 0.764. The minimum absolute atomic E-state index is 0.238. The van der Waals surface area contributed by atoms with E-state index in [4.69, 9.17) is 9.47 Å². The number of hydrogen-bond donors (Lipinski definition) is 2. The van der Waals surface area contributed by atoms with Gasteiger partial charge in [-0.05, 0) is 36.1 Å². The van der Waals surface area contributed by atoms with Gasteiger partial charge in [0.25, 0.3) is 0 Å². The zero-order valence-corrected chi connectivity index (χ0v) is 14.1. The fourth-order valence-corrected chi connectivity index (χ4v) is 3.61. The summed E-state index contributed by atoms with van der Waals surface area (Å²) in [6, 6.07) is 15.4. The number of fused-ring (bicyclic) bond motifs is 1. The van der Waals surface area contributed by atoms with E-state index in [1.807, 2.05) is 48.5 Å². The molecule has 0 amide bonds. The van der Waals surface area contributed by atoms with Crippen molar-refractivity contribution < 1.29 is 19.7 Å². The Kier molecular flexibility index (Phi) is 4.37. The number of rotatable bonds is 4. The van der Waals surface area contributed by atoms with Crippen molar-refractivity contribution in [1.82, 2.24) is 4.90 Å². The first-order valence-corrected chi connectivity index (χ1v) is 8.72. The number of piperidine rings is 1. The average molecular weight is 341 g/mol. The van der Waals surface area contributed by atoms with Crippen molar-refractivity contribution in [2.24, 2.45) is 0 Å². The van der Waals surface area contributed by atoms with Gasteiger partial charge < -0.3 is 24.6 Å². The van der Waals surface area contributed by atoms with Crippen molar-refractivity contribution in [1.29, 1.82) is 0 Å². The molecule has 0 bridgehead atoms. The Morgan fingerprint density at radius 2 is 1.72 bits per heavy atom. The molecule has 25 heavy (non-hydrogen) atoms. The van der Waals surface area contributed by atoms with Crippen molar-refractivity contribution in [3.63, 3.8) is 0 Å². The Balaban J connectivity index is 1.39. The predicted octanol–water partition coefficient (Wildman–Crippen LogP) is 2.43. The molecule has 1 atom stereocenters. The summed E-state index contributed by atoms with van der Waals surface area (Å²) >= 11 is 0. The van der Waals surface area contributed by atoms with Crippen molar-refractivity contribution in [3.8, 4) is 11.5 Å². The first-order valence-electron chi connectivity index (χ1n) is 8.72. The number of hydrogen-bond acceptors (Lipinski definition) is 5. The number of aliphatic hydroxyl groups excluding tert-OH is 1. The lowest BCUT2D eigenvalue weighted by atomic mass is 9.84. The molecule has 2 aromatic rings.